The van der Waals surface area contributed by atoms with Crippen molar-refractivity contribution in [2.24, 2.45) is 0 Å². The minimum Gasteiger partial charge on any atom is -0.497 e. The van der Waals surface area contributed by atoms with E-state index in [0.717, 1.165) is 11.3 Å². The molecular formula is C13H12INO3. The van der Waals surface area contributed by atoms with Crippen LogP contribution >= 0.6 is 22.6 Å². The van der Waals surface area contributed by atoms with Gasteiger partial charge < -0.3 is 14.5 Å². The third-order valence-electron chi connectivity index (χ3n) is 2.41. The second-order valence-corrected chi connectivity index (χ2v) is 4.70. The van der Waals surface area contributed by atoms with Crippen LogP contribution in [-0.2, 0) is 6.54 Å². The van der Waals surface area contributed by atoms with Crippen LogP contribution in [0.5, 0.6) is 5.75 Å². The first-order valence-corrected chi connectivity index (χ1v) is 6.43. The number of halogens is 1. The first-order valence-electron chi connectivity index (χ1n) is 5.35. The Kier molecular flexibility index (Phi) is 4.24. The fourth-order valence-electron chi connectivity index (χ4n) is 1.45. The molecule has 0 aliphatic rings. The summed E-state index contributed by atoms with van der Waals surface area (Å²) in [5.74, 6) is 0.910. The van der Waals surface area contributed by atoms with E-state index in [0.29, 0.717) is 16.1 Å². The Bertz CT molecular complexity index is 533. The molecule has 5 heteroatoms. The van der Waals surface area contributed by atoms with Crippen molar-refractivity contribution in [1.29, 1.82) is 0 Å². The number of carbonyl (C=O) groups is 1. The van der Waals surface area contributed by atoms with E-state index >= 15 is 0 Å². The average molecular weight is 357 g/mol. The number of methoxy groups -OCH3 is 1. The quantitative estimate of drug-likeness (QED) is 0.857. The molecule has 4 nitrogen and oxygen atoms in total. The van der Waals surface area contributed by atoms with E-state index in [1.165, 1.54) is 0 Å². The van der Waals surface area contributed by atoms with Crippen molar-refractivity contribution in [2.45, 2.75) is 6.54 Å². The zero-order valence-electron chi connectivity index (χ0n) is 9.77. The Morgan fingerprint density at radius 2 is 2.00 bits per heavy atom. The van der Waals surface area contributed by atoms with Gasteiger partial charge in [0, 0.05) is 6.54 Å². The summed E-state index contributed by atoms with van der Waals surface area (Å²) >= 11 is 2.02. The Labute approximate surface area is 118 Å². The summed E-state index contributed by atoms with van der Waals surface area (Å²) in [6.07, 6.45) is 0. The molecule has 1 heterocycles. The van der Waals surface area contributed by atoms with Crippen LogP contribution in [0.4, 0.5) is 0 Å². The number of amides is 1. The highest BCUT2D eigenvalue weighted by molar-refractivity contribution is 14.1. The van der Waals surface area contributed by atoms with E-state index in [9.17, 15) is 4.79 Å². The number of nitrogens with one attached hydrogen (secondary N) is 1. The summed E-state index contributed by atoms with van der Waals surface area (Å²) in [6, 6.07) is 10.9. The third kappa shape index (κ3) is 3.25. The van der Waals surface area contributed by atoms with Crippen molar-refractivity contribution in [1.82, 2.24) is 5.32 Å². The Morgan fingerprint density at radius 3 is 2.56 bits per heavy atom. The van der Waals surface area contributed by atoms with Crippen molar-refractivity contribution in [3.63, 3.8) is 0 Å². The number of hydrogen-bond donors (Lipinski definition) is 1. The van der Waals surface area contributed by atoms with Crippen LogP contribution in [0.15, 0.2) is 40.8 Å². The lowest BCUT2D eigenvalue weighted by Crippen LogP contribution is -2.22. The van der Waals surface area contributed by atoms with Crippen molar-refractivity contribution in [2.75, 3.05) is 7.11 Å². The predicted octanol–water partition coefficient (Wildman–Crippen LogP) is 2.82. The molecule has 0 radical (unpaired) electrons. The Balaban J connectivity index is 1.92. The second kappa shape index (κ2) is 5.90. The monoisotopic (exact) mass is 357 g/mol. The summed E-state index contributed by atoms with van der Waals surface area (Å²) in [4.78, 5) is 11.7. The highest BCUT2D eigenvalue weighted by atomic mass is 127. The van der Waals surface area contributed by atoms with E-state index < -0.39 is 0 Å². The number of furan rings is 1. The minimum atomic E-state index is -0.214. The molecule has 18 heavy (non-hydrogen) atoms. The molecule has 0 fully saturated rings. The van der Waals surface area contributed by atoms with Crippen LogP contribution in [-0.4, -0.2) is 13.0 Å². The van der Waals surface area contributed by atoms with Crippen LogP contribution in [0, 0.1) is 3.77 Å². The maximum Gasteiger partial charge on any atom is 0.287 e. The molecular weight excluding hydrogens is 345 g/mol. The first-order chi connectivity index (χ1) is 8.69. The van der Waals surface area contributed by atoms with Gasteiger partial charge in [0.1, 0.15) is 5.75 Å². The van der Waals surface area contributed by atoms with E-state index in [1.54, 1.807) is 19.2 Å². The maximum atomic E-state index is 11.7. The van der Waals surface area contributed by atoms with Crippen LogP contribution in [0.3, 0.4) is 0 Å². The largest absolute Gasteiger partial charge is 0.497 e. The highest BCUT2D eigenvalue weighted by Crippen LogP contribution is 2.12. The maximum absolute atomic E-state index is 11.7. The van der Waals surface area contributed by atoms with E-state index in [1.807, 2.05) is 46.9 Å². The van der Waals surface area contributed by atoms with Crippen molar-refractivity contribution < 1.29 is 13.9 Å². The standard InChI is InChI=1S/C13H12INO3/c1-17-10-4-2-9(3-5-10)8-15-13(16)11-6-7-12(14)18-11/h2-7H,8H2,1H3,(H,15,16). The fraction of sp³-hybridized carbons (Fsp3) is 0.154. The molecule has 1 aromatic heterocycles. The molecule has 0 bridgehead atoms. The van der Waals surface area contributed by atoms with E-state index in [4.69, 9.17) is 9.15 Å². The normalized spacial score (nSPS) is 10.1. The topological polar surface area (TPSA) is 51.5 Å². The molecule has 0 saturated heterocycles. The average Bonchev–Trinajstić information content (AvgIpc) is 2.83. The van der Waals surface area contributed by atoms with Gasteiger partial charge in [-0.05, 0) is 52.4 Å². The summed E-state index contributed by atoms with van der Waals surface area (Å²) in [6.45, 7) is 0.458. The zero-order chi connectivity index (χ0) is 13.0. The van der Waals surface area contributed by atoms with Crippen LogP contribution in [0.25, 0.3) is 0 Å². The van der Waals surface area contributed by atoms with Gasteiger partial charge in [-0.2, -0.15) is 0 Å². The zero-order valence-corrected chi connectivity index (χ0v) is 11.9. The summed E-state index contributed by atoms with van der Waals surface area (Å²) in [5, 5.41) is 2.79. The Morgan fingerprint density at radius 1 is 1.28 bits per heavy atom. The van der Waals surface area contributed by atoms with Crippen molar-refractivity contribution in [3.8, 4) is 5.75 Å². The third-order valence-corrected chi connectivity index (χ3v) is 2.99. The fourth-order valence-corrected chi connectivity index (χ4v) is 1.87. The molecule has 1 N–H and O–H groups in total. The molecule has 2 aromatic rings. The summed E-state index contributed by atoms with van der Waals surface area (Å²) < 4.78 is 11.0. The SMILES string of the molecule is COc1ccc(CNC(=O)c2ccc(I)o2)cc1. The molecule has 2 rings (SSSR count). The van der Waals surface area contributed by atoms with E-state index in [2.05, 4.69) is 5.32 Å². The smallest absolute Gasteiger partial charge is 0.287 e. The lowest BCUT2D eigenvalue weighted by atomic mass is 10.2. The molecule has 1 amide bonds. The van der Waals surface area contributed by atoms with Gasteiger partial charge in [0.05, 0.1) is 7.11 Å². The van der Waals surface area contributed by atoms with Crippen molar-refractivity contribution in [3.05, 3.63) is 51.5 Å². The van der Waals surface area contributed by atoms with Crippen LogP contribution in [0.2, 0.25) is 0 Å². The molecule has 94 valence electrons. The van der Waals surface area contributed by atoms with Gasteiger partial charge >= 0.3 is 0 Å². The number of rotatable bonds is 4. The molecule has 0 aliphatic heterocycles. The van der Waals surface area contributed by atoms with Gasteiger partial charge in [-0.3, -0.25) is 4.79 Å². The van der Waals surface area contributed by atoms with Gasteiger partial charge in [0.2, 0.25) is 0 Å². The van der Waals surface area contributed by atoms with Gasteiger partial charge in [0.15, 0.2) is 9.53 Å². The number of benzene rings is 1. The summed E-state index contributed by atoms with van der Waals surface area (Å²) in [7, 11) is 1.62. The Hall–Kier alpha value is -1.50. The molecule has 0 atom stereocenters. The van der Waals surface area contributed by atoms with E-state index in [-0.39, 0.29) is 5.91 Å². The molecule has 1 aromatic carbocycles. The van der Waals surface area contributed by atoms with Gasteiger partial charge in [-0.25, -0.2) is 0 Å². The first kappa shape index (κ1) is 12.9. The molecule has 0 aliphatic carbocycles. The number of ether oxygens (including phenoxy) is 1. The molecule has 0 unspecified atom stereocenters. The summed E-state index contributed by atoms with van der Waals surface area (Å²) in [5.41, 5.74) is 1.01. The predicted molar refractivity (Wildman–Crippen MR) is 75.6 cm³/mol. The second-order valence-electron chi connectivity index (χ2n) is 3.63. The van der Waals surface area contributed by atoms with Crippen molar-refractivity contribution >= 4 is 28.5 Å². The van der Waals surface area contributed by atoms with Gasteiger partial charge in [0.25, 0.3) is 5.91 Å². The van der Waals surface area contributed by atoms with Gasteiger partial charge in [-0.15, -0.1) is 0 Å². The molecule has 0 saturated carbocycles. The van der Waals surface area contributed by atoms with Crippen LogP contribution in [0.1, 0.15) is 16.1 Å². The lowest BCUT2D eigenvalue weighted by Gasteiger charge is -2.04. The number of hydrogen-bond acceptors (Lipinski definition) is 3. The molecule has 0 spiro atoms. The van der Waals surface area contributed by atoms with Gasteiger partial charge in [-0.1, -0.05) is 12.1 Å². The minimum absolute atomic E-state index is 0.214. The lowest BCUT2D eigenvalue weighted by molar-refractivity contribution is 0.0921. The number of carbonyl (C=O) groups excluding carboxylic acids is 1. The van der Waals surface area contributed by atoms with Crippen LogP contribution < -0.4 is 10.1 Å². The highest BCUT2D eigenvalue weighted by Gasteiger charge is 2.09.